The van der Waals surface area contributed by atoms with Gasteiger partial charge in [0, 0.05) is 41.2 Å². The van der Waals surface area contributed by atoms with E-state index in [9.17, 15) is 14.4 Å². The zero-order valence-corrected chi connectivity index (χ0v) is 27.7. The Morgan fingerprint density at radius 3 is 2.42 bits per heavy atom. The fourth-order valence-corrected chi connectivity index (χ4v) is 6.76. The second-order valence-electron chi connectivity index (χ2n) is 11.1. The van der Waals surface area contributed by atoms with Crippen LogP contribution in [0.4, 0.5) is 5.13 Å². The van der Waals surface area contributed by atoms with Crippen molar-refractivity contribution in [3.63, 3.8) is 0 Å². The van der Waals surface area contributed by atoms with Gasteiger partial charge in [0.1, 0.15) is 18.0 Å². The number of nitrogen functional groups attached to an aromatic ring is 1. The van der Waals surface area contributed by atoms with Crippen LogP contribution in [0.5, 0.6) is 0 Å². The number of unbranched alkanes of at least 4 members (excludes halogenated alkanes) is 9. The molecule has 12 nitrogen and oxygen atoms in total. The second kappa shape index (κ2) is 17.8. The van der Waals surface area contributed by atoms with Crippen LogP contribution in [-0.4, -0.2) is 68.1 Å². The summed E-state index contributed by atoms with van der Waals surface area (Å²) in [5, 5.41) is 6.54. The van der Waals surface area contributed by atoms with Gasteiger partial charge in [-0.2, -0.15) is 9.36 Å². The first-order valence-corrected chi connectivity index (χ1v) is 17.6. The minimum absolute atomic E-state index is 0.0518. The summed E-state index contributed by atoms with van der Waals surface area (Å²) in [4.78, 5) is 49.0. The van der Waals surface area contributed by atoms with Crippen molar-refractivity contribution in [3.05, 3.63) is 47.7 Å². The molecule has 14 heteroatoms. The highest BCUT2D eigenvalue weighted by atomic mass is 32.2. The molecule has 2 amide bonds. The molecule has 1 fully saturated rings. The van der Waals surface area contributed by atoms with Crippen LogP contribution < -0.4 is 15.6 Å². The summed E-state index contributed by atoms with van der Waals surface area (Å²) < 4.78 is 11.5. The first kappa shape index (κ1) is 34.4. The number of rotatable bonds is 19. The third-order valence-electron chi connectivity index (χ3n) is 7.52. The first-order chi connectivity index (χ1) is 21.9. The maximum atomic E-state index is 12.9. The van der Waals surface area contributed by atoms with Gasteiger partial charge >= 0.3 is 5.97 Å². The highest BCUT2D eigenvalue weighted by molar-refractivity contribution is 8.00. The Bertz CT molecular complexity index is 1350. The predicted molar refractivity (Wildman–Crippen MR) is 174 cm³/mol. The number of esters is 1. The van der Waals surface area contributed by atoms with Crippen molar-refractivity contribution in [2.45, 2.75) is 96.0 Å². The Morgan fingerprint density at radius 2 is 1.78 bits per heavy atom. The molecule has 4 rings (SSSR count). The lowest BCUT2D eigenvalue weighted by molar-refractivity contribution is -0.689. The van der Waals surface area contributed by atoms with Gasteiger partial charge in [-0.15, -0.1) is 11.8 Å². The number of fused-ring (bicyclic) bond motifs is 1. The quantitative estimate of drug-likeness (QED) is 0.0565. The van der Waals surface area contributed by atoms with E-state index >= 15 is 0 Å². The molecule has 2 aliphatic rings. The number of thioether (sulfide) groups is 1. The van der Waals surface area contributed by atoms with Crippen LogP contribution in [0, 0.1) is 0 Å². The Morgan fingerprint density at radius 1 is 1.09 bits per heavy atom. The van der Waals surface area contributed by atoms with Crippen LogP contribution in [-0.2, 0) is 25.7 Å². The molecule has 2 aromatic rings. The van der Waals surface area contributed by atoms with Gasteiger partial charge in [0.25, 0.3) is 11.8 Å². The third-order valence-corrected chi connectivity index (χ3v) is 9.45. The largest absolute Gasteiger partial charge is 0.462 e. The standard InChI is InChI=1S/C31H43N7O5S2/c1-3-5-6-7-8-9-10-11-12-13-18-42-30(41)23-14-16-37(17-15-23)19-22-20-38-28(40)25(29(38)44-21-22)33-27(39)24(35-43-4-2)26-34-31(32)45-36-26/h14-17,20,25,29H,3-13,18-19,21H2,1-2H3,(H2-,32,33,34,36,39)/p+1/t25?,29-/m0/s1. The molecule has 2 atom stereocenters. The molecule has 1 unspecified atom stereocenters. The van der Waals surface area contributed by atoms with E-state index in [1.165, 1.54) is 51.4 Å². The molecule has 244 valence electrons. The summed E-state index contributed by atoms with van der Waals surface area (Å²) in [5.41, 5.74) is 7.08. The number of ether oxygens (including phenoxy) is 1. The summed E-state index contributed by atoms with van der Waals surface area (Å²) in [6.45, 7) is 5.24. The minimum atomic E-state index is -0.707. The number of nitrogens with two attached hydrogens (primary N) is 1. The number of carbonyl (C=O) groups excluding carboxylic acids is 3. The fourth-order valence-electron chi connectivity index (χ4n) is 5.07. The Hall–Kier alpha value is -3.52. The number of β-lactam (4-membered cyclic amide) rings is 1. The number of nitrogens with zero attached hydrogens (tertiary/aromatic N) is 5. The number of carbonyl (C=O) groups is 3. The predicted octanol–water partition coefficient (Wildman–Crippen LogP) is 4.21. The zero-order valence-electron chi connectivity index (χ0n) is 26.1. The Balaban J connectivity index is 1.18. The molecule has 3 N–H and O–H groups in total. The van der Waals surface area contributed by atoms with E-state index in [1.807, 2.05) is 23.2 Å². The van der Waals surface area contributed by atoms with Gasteiger partial charge in [-0.05, 0) is 13.3 Å². The number of oxime groups is 1. The summed E-state index contributed by atoms with van der Waals surface area (Å²) in [5.74, 6) is -0.398. The van der Waals surface area contributed by atoms with E-state index in [1.54, 1.807) is 35.7 Å². The van der Waals surface area contributed by atoms with Crippen LogP contribution >= 0.6 is 23.3 Å². The van der Waals surface area contributed by atoms with Gasteiger partial charge in [-0.25, -0.2) is 9.36 Å². The average Bonchev–Trinajstić information content (AvgIpc) is 3.48. The van der Waals surface area contributed by atoms with Crippen LogP contribution in [0.15, 0.2) is 41.5 Å². The van der Waals surface area contributed by atoms with Crippen LogP contribution in [0.25, 0.3) is 0 Å². The monoisotopic (exact) mass is 658 g/mol. The highest BCUT2D eigenvalue weighted by Gasteiger charge is 2.50. The molecule has 2 aliphatic heterocycles. The molecular formula is C31H44N7O5S2+. The van der Waals surface area contributed by atoms with Gasteiger partial charge in [0.15, 0.2) is 24.1 Å². The lowest BCUT2D eigenvalue weighted by atomic mass is 10.1. The van der Waals surface area contributed by atoms with Crippen molar-refractivity contribution in [1.29, 1.82) is 0 Å². The lowest BCUT2D eigenvalue weighted by Gasteiger charge is -2.47. The van der Waals surface area contributed by atoms with Crippen molar-refractivity contribution in [2.75, 3.05) is 24.7 Å². The van der Waals surface area contributed by atoms with Gasteiger partial charge in [0.05, 0.1) is 12.2 Å². The van der Waals surface area contributed by atoms with E-state index in [0.717, 1.165) is 29.9 Å². The van der Waals surface area contributed by atoms with Crippen molar-refractivity contribution >= 4 is 51.9 Å². The number of pyridine rings is 1. The van der Waals surface area contributed by atoms with Gasteiger partial charge in [0.2, 0.25) is 11.5 Å². The number of amides is 2. The molecule has 45 heavy (non-hydrogen) atoms. The molecular weight excluding hydrogens is 615 g/mol. The molecule has 0 saturated carbocycles. The molecule has 0 aliphatic carbocycles. The van der Waals surface area contributed by atoms with E-state index in [2.05, 4.69) is 26.8 Å². The maximum absolute atomic E-state index is 12.9. The number of anilines is 1. The van der Waals surface area contributed by atoms with Crippen LogP contribution in [0.3, 0.4) is 0 Å². The van der Waals surface area contributed by atoms with E-state index < -0.39 is 11.9 Å². The lowest BCUT2D eigenvalue weighted by Crippen LogP contribution is -2.69. The normalized spacial score (nSPS) is 17.7. The molecule has 2 aromatic heterocycles. The topological polar surface area (TPSA) is 153 Å². The summed E-state index contributed by atoms with van der Waals surface area (Å²) in [7, 11) is 0. The van der Waals surface area contributed by atoms with Crippen molar-refractivity contribution in [2.24, 2.45) is 5.16 Å². The maximum Gasteiger partial charge on any atom is 0.338 e. The zero-order chi connectivity index (χ0) is 32.0. The molecule has 0 aromatic carbocycles. The Kier molecular flexibility index (Phi) is 13.6. The smallest absolute Gasteiger partial charge is 0.338 e. The summed E-state index contributed by atoms with van der Waals surface area (Å²) >= 11 is 2.51. The SMILES string of the molecule is CCCCCCCCCCCCOC(=O)c1cc[n+](CC2=CN3C(=O)C(NC(=O)C(=NOCC)c4nsc(N)n4)[C@@H]3SC2)cc1. The highest BCUT2D eigenvalue weighted by Crippen LogP contribution is 2.36. The van der Waals surface area contributed by atoms with Crippen molar-refractivity contribution in [1.82, 2.24) is 19.6 Å². The van der Waals surface area contributed by atoms with Crippen LogP contribution in [0.1, 0.15) is 94.2 Å². The number of hydrogen-bond donors (Lipinski definition) is 2. The molecule has 0 radical (unpaired) electrons. The second-order valence-corrected chi connectivity index (χ2v) is 13.0. The third kappa shape index (κ3) is 9.98. The average molecular weight is 659 g/mol. The summed E-state index contributed by atoms with van der Waals surface area (Å²) in [6, 6.07) is 2.81. The molecule has 4 heterocycles. The number of nitrogens with one attached hydrogen (secondary N) is 1. The minimum Gasteiger partial charge on any atom is -0.462 e. The van der Waals surface area contributed by atoms with E-state index in [0.29, 0.717) is 24.5 Å². The van der Waals surface area contributed by atoms with E-state index in [-0.39, 0.29) is 40.5 Å². The molecule has 1 saturated heterocycles. The van der Waals surface area contributed by atoms with Crippen molar-refractivity contribution in [3.8, 4) is 0 Å². The summed E-state index contributed by atoms with van der Waals surface area (Å²) in [6.07, 6.45) is 17.9. The van der Waals surface area contributed by atoms with Crippen molar-refractivity contribution < 1.29 is 28.5 Å². The molecule has 0 bridgehead atoms. The van der Waals surface area contributed by atoms with Gasteiger partial charge < -0.3 is 25.5 Å². The number of aromatic nitrogens is 3. The van der Waals surface area contributed by atoms with Gasteiger partial charge in [-0.3, -0.25) is 9.59 Å². The number of hydrogen-bond acceptors (Lipinski definition) is 11. The fraction of sp³-hybridized carbons (Fsp3) is 0.581. The van der Waals surface area contributed by atoms with Crippen LogP contribution in [0.2, 0.25) is 0 Å². The first-order valence-electron chi connectivity index (χ1n) is 15.8. The van der Waals surface area contributed by atoms with E-state index in [4.69, 9.17) is 15.3 Å². The van der Waals surface area contributed by atoms with Gasteiger partial charge in [-0.1, -0.05) is 69.9 Å². The Labute approximate surface area is 273 Å². The molecule has 0 spiro atoms.